The molecule has 140 valence electrons. The first kappa shape index (κ1) is 21.6. The molecule has 0 atom stereocenters. The molecule has 0 spiro atoms. The second kappa shape index (κ2) is 9.87. The van der Waals surface area contributed by atoms with Crippen LogP contribution >= 0.6 is 0 Å². The number of ether oxygens (including phenoxy) is 1. The number of benzene rings is 1. The van der Waals surface area contributed by atoms with Crippen molar-refractivity contribution in [1.82, 2.24) is 0 Å². The Labute approximate surface area is 156 Å². The van der Waals surface area contributed by atoms with Crippen LogP contribution in [0.15, 0.2) is 54.2 Å². The lowest BCUT2D eigenvalue weighted by Gasteiger charge is -2.23. The molecule has 0 heterocycles. The van der Waals surface area contributed by atoms with Gasteiger partial charge in [-0.15, -0.1) is 0 Å². The van der Waals surface area contributed by atoms with Gasteiger partial charge in [-0.05, 0) is 70.2 Å². The zero-order valence-electron chi connectivity index (χ0n) is 16.9. The van der Waals surface area contributed by atoms with E-state index < -0.39 is 16.6 Å². The van der Waals surface area contributed by atoms with Crippen molar-refractivity contribution in [2.75, 3.05) is 7.11 Å². The van der Waals surface area contributed by atoms with Gasteiger partial charge in [-0.3, -0.25) is 0 Å². The van der Waals surface area contributed by atoms with Gasteiger partial charge < -0.3 is 13.6 Å². The van der Waals surface area contributed by atoms with E-state index in [4.69, 9.17) is 13.6 Å². The van der Waals surface area contributed by atoms with E-state index in [0.717, 1.165) is 25.0 Å². The van der Waals surface area contributed by atoms with Gasteiger partial charge in [0, 0.05) is 0 Å². The second-order valence-corrected chi connectivity index (χ2v) is 16.9. The van der Waals surface area contributed by atoms with Gasteiger partial charge in [0.05, 0.1) is 13.2 Å². The molecule has 0 N–H and O–H groups in total. The van der Waals surface area contributed by atoms with Crippen molar-refractivity contribution in [1.29, 1.82) is 0 Å². The monoisotopic (exact) mass is 378 g/mol. The molecule has 0 bridgehead atoms. The second-order valence-electron chi connectivity index (χ2n) is 8.08. The molecule has 3 nitrogen and oxygen atoms in total. The molecule has 0 fully saturated rings. The van der Waals surface area contributed by atoms with Crippen molar-refractivity contribution in [3.8, 4) is 0 Å². The molecule has 1 aromatic rings. The van der Waals surface area contributed by atoms with Crippen molar-refractivity contribution >= 4 is 16.6 Å². The lowest BCUT2D eigenvalue weighted by atomic mass is 10.1. The minimum atomic E-state index is -1.71. The summed E-state index contributed by atoms with van der Waals surface area (Å²) in [5.74, 6) is 1.41. The molecule has 0 saturated heterocycles. The summed E-state index contributed by atoms with van der Waals surface area (Å²) in [6.07, 6.45) is 7.19. The lowest BCUT2D eigenvalue weighted by molar-refractivity contribution is 0.145. The molecule has 0 aliphatic rings. The van der Waals surface area contributed by atoms with Crippen LogP contribution in [0.2, 0.25) is 39.3 Å². The Morgan fingerprint density at radius 2 is 1.52 bits per heavy atom. The van der Waals surface area contributed by atoms with Crippen LogP contribution in [0.25, 0.3) is 0 Å². The van der Waals surface area contributed by atoms with Crippen molar-refractivity contribution < 1.29 is 13.6 Å². The molecule has 0 aromatic heterocycles. The number of allylic oxidation sites excluding steroid dienone is 2. The molecule has 25 heavy (non-hydrogen) atoms. The summed E-state index contributed by atoms with van der Waals surface area (Å²) in [4.78, 5) is 0. The first-order valence-electron chi connectivity index (χ1n) is 8.97. The van der Waals surface area contributed by atoms with Crippen LogP contribution in [0.4, 0.5) is 0 Å². The quantitative estimate of drug-likeness (QED) is 0.213. The number of unbranched alkanes of at least 4 members (excludes halogenated alkanes) is 1. The molecule has 1 rings (SSSR count). The number of hydrogen-bond acceptors (Lipinski definition) is 3. The minimum Gasteiger partial charge on any atom is -0.544 e. The summed E-state index contributed by atoms with van der Waals surface area (Å²) in [5, 5.41) is 0. The molecule has 0 aliphatic heterocycles. The highest BCUT2D eigenvalue weighted by Crippen LogP contribution is 2.18. The Bertz CT molecular complexity index is 567. The Hall–Kier alpha value is -1.47. The smallest absolute Gasteiger partial charge is 0.268 e. The number of hydrogen-bond donors (Lipinski definition) is 0. The van der Waals surface area contributed by atoms with E-state index in [2.05, 4.69) is 75.7 Å². The molecule has 1 aromatic carbocycles. The first-order valence-corrected chi connectivity index (χ1v) is 15.8. The molecule has 5 heteroatoms. The fourth-order valence-electron chi connectivity index (χ4n) is 2.23. The standard InChI is InChI=1S/C20H34O3Si2/c1-21-20(23-25(5,6)7)17-19(22-24(2,3)4)16-12-11-15-18-13-9-8-10-14-18/h8-10,13-14,16-17H,11-12,15H2,1-7H3/b19-16-,20-17-. The van der Waals surface area contributed by atoms with E-state index in [0.29, 0.717) is 5.95 Å². The SMILES string of the molecule is CO/C(=C/C(=C/CCCc1ccccc1)O[Si](C)(C)C)O[Si](C)(C)C. The predicted octanol–water partition coefficient (Wildman–Crippen LogP) is 6.08. The largest absolute Gasteiger partial charge is 0.544 e. The van der Waals surface area contributed by atoms with Crippen LogP contribution in [0.3, 0.4) is 0 Å². The average molecular weight is 379 g/mol. The summed E-state index contributed by atoms with van der Waals surface area (Å²) >= 11 is 0. The van der Waals surface area contributed by atoms with Crippen molar-refractivity contribution in [2.24, 2.45) is 0 Å². The Morgan fingerprint density at radius 3 is 2.04 bits per heavy atom. The van der Waals surface area contributed by atoms with E-state index in [-0.39, 0.29) is 0 Å². The molecule has 0 aliphatic carbocycles. The third kappa shape index (κ3) is 10.9. The maximum atomic E-state index is 6.22. The van der Waals surface area contributed by atoms with E-state index >= 15 is 0 Å². The molecule has 0 saturated carbocycles. The Balaban J connectivity index is 2.77. The summed E-state index contributed by atoms with van der Waals surface area (Å²) in [7, 11) is -1.76. The number of aryl methyl sites for hydroxylation is 1. The van der Waals surface area contributed by atoms with Gasteiger partial charge in [-0.25, -0.2) is 0 Å². The topological polar surface area (TPSA) is 27.7 Å². The maximum absolute atomic E-state index is 6.22. The van der Waals surface area contributed by atoms with Gasteiger partial charge in [-0.1, -0.05) is 30.3 Å². The van der Waals surface area contributed by atoms with E-state index in [1.807, 2.05) is 6.08 Å². The van der Waals surface area contributed by atoms with Crippen molar-refractivity contribution in [3.63, 3.8) is 0 Å². The summed E-state index contributed by atoms with van der Waals surface area (Å²) < 4.78 is 17.6. The first-order chi connectivity index (χ1) is 11.6. The highest BCUT2D eigenvalue weighted by Gasteiger charge is 2.21. The number of methoxy groups -OCH3 is 1. The van der Waals surface area contributed by atoms with Gasteiger partial charge in [-0.2, -0.15) is 0 Å². The fourth-order valence-corrected chi connectivity index (χ4v) is 3.82. The zero-order chi connectivity index (χ0) is 18.9. The van der Waals surface area contributed by atoms with Crippen LogP contribution in [-0.4, -0.2) is 23.7 Å². The average Bonchev–Trinajstić information content (AvgIpc) is 2.49. The van der Waals surface area contributed by atoms with E-state index in [9.17, 15) is 0 Å². The van der Waals surface area contributed by atoms with Gasteiger partial charge >= 0.3 is 0 Å². The van der Waals surface area contributed by atoms with Crippen LogP contribution in [0, 0.1) is 0 Å². The van der Waals surface area contributed by atoms with Gasteiger partial charge in [0.2, 0.25) is 16.6 Å². The maximum Gasteiger partial charge on any atom is 0.268 e. The normalized spacial score (nSPS) is 13.6. The Kier molecular flexibility index (Phi) is 8.52. The molecule has 0 unspecified atom stereocenters. The van der Waals surface area contributed by atoms with Gasteiger partial charge in [0.1, 0.15) is 5.76 Å². The van der Waals surface area contributed by atoms with E-state index in [1.54, 1.807) is 7.11 Å². The minimum absolute atomic E-state index is 0.548. The summed E-state index contributed by atoms with van der Waals surface area (Å²) in [5.41, 5.74) is 1.37. The highest BCUT2D eigenvalue weighted by atomic mass is 28.4. The van der Waals surface area contributed by atoms with Crippen molar-refractivity contribution in [3.05, 3.63) is 59.8 Å². The molecular weight excluding hydrogens is 344 g/mol. The van der Waals surface area contributed by atoms with Crippen LogP contribution < -0.4 is 0 Å². The van der Waals surface area contributed by atoms with Crippen LogP contribution in [0.1, 0.15) is 18.4 Å². The third-order valence-electron chi connectivity index (χ3n) is 3.15. The highest BCUT2D eigenvalue weighted by molar-refractivity contribution is 6.70. The predicted molar refractivity (Wildman–Crippen MR) is 111 cm³/mol. The molecule has 0 radical (unpaired) electrons. The van der Waals surface area contributed by atoms with E-state index in [1.165, 1.54) is 5.56 Å². The molecular formula is C20H34O3Si2. The van der Waals surface area contributed by atoms with Crippen LogP contribution in [-0.2, 0) is 20.0 Å². The van der Waals surface area contributed by atoms with Crippen molar-refractivity contribution in [2.45, 2.75) is 58.5 Å². The summed E-state index contributed by atoms with van der Waals surface area (Å²) in [6.45, 7) is 13.0. The van der Waals surface area contributed by atoms with Crippen LogP contribution in [0.5, 0.6) is 0 Å². The fraction of sp³-hybridized carbons (Fsp3) is 0.500. The van der Waals surface area contributed by atoms with Gasteiger partial charge in [0.15, 0.2) is 0 Å². The molecule has 0 amide bonds. The Morgan fingerprint density at radius 1 is 0.920 bits per heavy atom. The summed E-state index contributed by atoms with van der Waals surface area (Å²) in [6, 6.07) is 10.6. The number of rotatable bonds is 10. The van der Waals surface area contributed by atoms with Gasteiger partial charge in [0.25, 0.3) is 5.95 Å². The third-order valence-corrected chi connectivity index (χ3v) is 4.81. The lowest BCUT2D eigenvalue weighted by Crippen LogP contribution is -2.26. The zero-order valence-corrected chi connectivity index (χ0v) is 18.9.